The molecule has 6 nitrogen and oxygen atoms in total. The van der Waals surface area contributed by atoms with E-state index in [1.807, 2.05) is 41.3 Å². The number of para-hydroxylation sites is 1. The lowest BCUT2D eigenvalue weighted by Crippen LogP contribution is -2.51. The van der Waals surface area contributed by atoms with Gasteiger partial charge in [0.2, 0.25) is 11.9 Å². The molecule has 0 radical (unpaired) electrons. The lowest BCUT2D eigenvalue weighted by atomic mass is 10.2. The van der Waals surface area contributed by atoms with Crippen molar-refractivity contribution in [3.63, 3.8) is 0 Å². The molecule has 1 aliphatic heterocycles. The smallest absolute Gasteiger partial charge is 0.241 e. The van der Waals surface area contributed by atoms with Gasteiger partial charge in [0.15, 0.2) is 0 Å². The van der Waals surface area contributed by atoms with Gasteiger partial charge in [-0.15, -0.1) is 0 Å². The summed E-state index contributed by atoms with van der Waals surface area (Å²) in [5.41, 5.74) is 0.957. The van der Waals surface area contributed by atoms with E-state index in [4.69, 9.17) is 0 Å². The first-order valence-corrected chi connectivity index (χ1v) is 8.76. The number of anilines is 2. The van der Waals surface area contributed by atoms with Crippen molar-refractivity contribution in [2.24, 2.45) is 0 Å². The fraction of sp³-hybridized carbons (Fsp3) is 0.421. The highest BCUT2D eigenvalue weighted by Gasteiger charge is 2.24. The molecule has 0 saturated carbocycles. The maximum absolute atomic E-state index is 12.9. The van der Waals surface area contributed by atoms with Gasteiger partial charge in [-0.3, -0.25) is 9.69 Å². The lowest BCUT2D eigenvalue weighted by molar-refractivity contribution is -0.120. The minimum absolute atomic E-state index is 0.133. The number of carbonyl (C=O) groups is 1. The van der Waals surface area contributed by atoms with Crippen LogP contribution in [0.4, 0.5) is 11.6 Å². The third kappa shape index (κ3) is 4.33. The fourth-order valence-electron chi connectivity index (χ4n) is 3.15. The van der Waals surface area contributed by atoms with Crippen LogP contribution in [0.3, 0.4) is 0 Å². The molecule has 0 aliphatic carbocycles. The molecule has 0 atom stereocenters. The summed E-state index contributed by atoms with van der Waals surface area (Å²) in [6.07, 6.45) is 3.53. The standard InChI is InChI=1S/C19H25N5O/c1-16(2)24(17-7-4-3-5-8-17)18(25)15-22-11-13-23(14-12-22)19-20-9-6-10-21-19/h3-10,16H,11-15H2,1-2H3. The summed E-state index contributed by atoms with van der Waals surface area (Å²) < 4.78 is 0. The van der Waals surface area contributed by atoms with E-state index in [1.54, 1.807) is 12.4 Å². The van der Waals surface area contributed by atoms with Crippen LogP contribution in [-0.2, 0) is 4.79 Å². The Hall–Kier alpha value is -2.47. The summed E-state index contributed by atoms with van der Waals surface area (Å²) in [5, 5.41) is 0. The summed E-state index contributed by atoms with van der Waals surface area (Å²) in [5.74, 6) is 0.909. The number of rotatable bonds is 5. The SMILES string of the molecule is CC(C)N(C(=O)CN1CCN(c2ncccn2)CC1)c1ccccc1. The second kappa shape index (κ2) is 8.07. The number of benzene rings is 1. The largest absolute Gasteiger partial charge is 0.338 e. The van der Waals surface area contributed by atoms with E-state index in [0.717, 1.165) is 37.8 Å². The molecule has 0 spiro atoms. The molecule has 1 amide bonds. The van der Waals surface area contributed by atoms with Crippen molar-refractivity contribution in [2.45, 2.75) is 19.9 Å². The lowest BCUT2D eigenvalue weighted by Gasteiger charge is -2.36. The van der Waals surface area contributed by atoms with Gasteiger partial charge < -0.3 is 9.80 Å². The van der Waals surface area contributed by atoms with Gasteiger partial charge in [0.25, 0.3) is 0 Å². The molecule has 1 aromatic heterocycles. The van der Waals surface area contributed by atoms with Crippen LogP contribution in [0.5, 0.6) is 0 Å². The number of amides is 1. The van der Waals surface area contributed by atoms with Crippen molar-refractivity contribution in [3.05, 3.63) is 48.8 Å². The molecule has 2 aromatic rings. The van der Waals surface area contributed by atoms with E-state index < -0.39 is 0 Å². The van der Waals surface area contributed by atoms with Gasteiger partial charge in [-0.05, 0) is 32.0 Å². The molecular weight excluding hydrogens is 314 g/mol. The van der Waals surface area contributed by atoms with Crippen LogP contribution >= 0.6 is 0 Å². The Kier molecular flexibility index (Phi) is 5.60. The average Bonchev–Trinajstić information content (AvgIpc) is 2.64. The fourth-order valence-corrected chi connectivity index (χ4v) is 3.15. The van der Waals surface area contributed by atoms with E-state index in [9.17, 15) is 4.79 Å². The molecule has 1 aromatic carbocycles. The molecule has 0 N–H and O–H groups in total. The number of piperazine rings is 1. The zero-order valence-electron chi connectivity index (χ0n) is 14.9. The highest BCUT2D eigenvalue weighted by Crippen LogP contribution is 2.17. The Morgan fingerprint density at radius 1 is 1.04 bits per heavy atom. The van der Waals surface area contributed by atoms with Gasteiger partial charge in [-0.2, -0.15) is 0 Å². The Morgan fingerprint density at radius 3 is 2.28 bits per heavy atom. The number of nitrogens with zero attached hydrogens (tertiary/aromatic N) is 5. The zero-order valence-corrected chi connectivity index (χ0v) is 14.9. The van der Waals surface area contributed by atoms with Crippen molar-refractivity contribution in [3.8, 4) is 0 Å². The maximum Gasteiger partial charge on any atom is 0.241 e. The summed E-state index contributed by atoms with van der Waals surface area (Å²) in [7, 11) is 0. The quantitative estimate of drug-likeness (QED) is 0.834. The summed E-state index contributed by atoms with van der Waals surface area (Å²) >= 11 is 0. The van der Waals surface area contributed by atoms with Crippen LogP contribution < -0.4 is 9.80 Å². The Morgan fingerprint density at radius 2 is 1.68 bits per heavy atom. The van der Waals surface area contributed by atoms with Crippen LogP contribution in [0, 0.1) is 0 Å². The highest BCUT2D eigenvalue weighted by molar-refractivity contribution is 5.95. The number of hydrogen-bond acceptors (Lipinski definition) is 5. The van der Waals surface area contributed by atoms with E-state index in [1.165, 1.54) is 0 Å². The summed E-state index contributed by atoms with van der Waals surface area (Å²) in [6, 6.07) is 11.8. The van der Waals surface area contributed by atoms with E-state index in [-0.39, 0.29) is 11.9 Å². The predicted octanol–water partition coefficient (Wildman–Crippen LogP) is 2.04. The van der Waals surface area contributed by atoms with Crippen LogP contribution in [0.1, 0.15) is 13.8 Å². The molecule has 0 unspecified atom stereocenters. The molecule has 1 fully saturated rings. The maximum atomic E-state index is 12.9. The molecule has 0 bridgehead atoms. The molecule has 1 saturated heterocycles. The van der Waals surface area contributed by atoms with Gasteiger partial charge >= 0.3 is 0 Å². The van der Waals surface area contributed by atoms with Crippen molar-refractivity contribution >= 4 is 17.5 Å². The molecule has 132 valence electrons. The van der Waals surface area contributed by atoms with Gasteiger partial charge in [0.05, 0.1) is 6.54 Å². The van der Waals surface area contributed by atoms with E-state index >= 15 is 0 Å². The molecule has 1 aliphatic rings. The monoisotopic (exact) mass is 339 g/mol. The normalized spacial score (nSPS) is 15.4. The second-order valence-corrected chi connectivity index (χ2v) is 6.51. The van der Waals surface area contributed by atoms with Gasteiger partial charge in [0, 0.05) is 50.3 Å². The topological polar surface area (TPSA) is 52.6 Å². The molecule has 2 heterocycles. The molecule has 3 rings (SSSR count). The van der Waals surface area contributed by atoms with Crippen molar-refractivity contribution in [1.29, 1.82) is 0 Å². The van der Waals surface area contributed by atoms with E-state index in [2.05, 4.69) is 33.6 Å². The van der Waals surface area contributed by atoms with E-state index in [0.29, 0.717) is 6.54 Å². The first-order valence-electron chi connectivity index (χ1n) is 8.76. The van der Waals surface area contributed by atoms with Crippen molar-refractivity contribution in [1.82, 2.24) is 14.9 Å². The Bertz CT molecular complexity index is 669. The van der Waals surface area contributed by atoms with Gasteiger partial charge in [-0.25, -0.2) is 9.97 Å². The Labute approximate surface area is 149 Å². The van der Waals surface area contributed by atoms with Crippen LogP contribution in [0.25, 0.3) is 0 Å². The third-order valence-corrected chi connectivity index (χ3v) is 4.39. The Balaban J connectivity index is 1.58. The number of aromatic nitrogens is 2. The van der Waals surface area contributed by atoms with Crippen LogP contribution in [0.2, 0.25) is 0 Å². The first-order chi connectivity index (χ1) is 12.1. The predicted molar refractivity (Wildman–Crippen MR) is 99.7 cm³/mol. The molecule has 6 heteroatoms. The minimum atomic E-state index is 0.133. The summed E-state index contributed by atoms with van der Waals surface area (Å²) in [4.78, 5) is 27.7. The van der Waals surface area contributed by atoms with Crippen molar-refractivity contribution < 1.29 is 4.79 Å². The minimum Gasteiger partial charge on any atom is -0.338 e. The second-order valence-electron chi connectivity index (χ2n) is 6.51. The van der Waals surface area contributed by atoms with Crippen LogP contribution in [-0.4, -0.2) is 59.5 Å². The number of carbonyl (C=O) groups excluding carboxylic acids is 1. The van der Waals surface area contributed by atoms with Gasteiger partial charge in [0.1, 0.15) is 0 Å². The van der Waals surface area contributed by atoms with Crippen molar-refractivity contribution in [2.75, 3.05) is 42.5 Å². The van der Waals surface area contributed by atoms with Gasteiger partial charge in [-0.1, -0.05) is 18.2 Å². The molecular formula is C19H25N5O. The third-order valence-electron chi connectivity index (χ3n) is 4.39. The highest BCUT2D eigenvalue weighted by atomic mass is 16.2. The molecule has 25 heavy (non-hydrogen) atoms. The van der Waals surface area contributed by atoms with Crippen LogP contribution in [0.15, 0.2) is 48.8 Å². The first kappa shape index (κ1) is 17.4. The number of hydrogen-bond donors (Lipinski definition) is 0. The average molecular weight is 339 g/mol. The summed E-state index contributed by atoms with van der Waals surface area (Å²) in [6.45, 7) is 7.89. The zero-order chi connectivity index (χ0) is 17.6.